The molecule has 0 aliphatic carbocycles. The van der Waals surface area contributed by atoms with Crippen LogP contribution >= 0.6 is 0 Å². The van der Waals surface area contributed by atoms with Crippen molar-refractivity contribution in [1.29, 1.82) is 0 Å². The highest BCUT2D eigenvalue weighted by atomic mass is 19.1. The summed E-state index contributed by atoms with van der Waals surface area (Å²) in [5.74, 6) is -0.976. The number of Topliss-reactive ketones (excluding diaryl/α,β-unsaturated/α-hetero) is 1. The van der Waals surface area contributed by atoms with Gasteiger partial charge in [-0.05, 0) is 24.1 Å². The van der Waals surface area contributed by atoms with Crippen LogP contribution in [0.25, 0.3) is 0 Å². The second kappa shape index (κ2) is 6.44. The van der Waals surface area contributed by atoms with Crippen LogP contribution in [0.3, 0.4) is 0 Å². The number of aliphatic hydroxyl groups excluding tert-OH is 1. The van der Waals surface area contributed by atoms with Crippen LogP contribution in [-0.4, -0.2) is 10.9 Å². The molecule has 20 heavy (non-hydrogen) atoms. The van der Waals surface area contributed by atoms with Crippen LogP contribution in [0.2, 0.25) is 0 Å². The molecule has 0 aliphatic rings. The highest BCUT2D eigenvalue weighted by molar-refractivity contribution is 5.98. The Morgan fingerprint density at radius 3 is 2.25 bits per heavy atom. The summed E-state index contributed by atoms with van der Waals surface area (Å²) in [5.41, 5.74) is 1.14. The van der Waals surface area contributed by atoms with Crippen LogP contribution in [0.4, 0.5) is 4.39 Å². The zero-order valence-corrected chi connectivity index (χ0v) is 11.3. The summed E-state index contributed by atoms with van der Waals surface area (Å²) in [5, 5.41) is 10.4. The topological polar surface area (TPSA) is 37.3 Å². The molecule has 2 rings (SSSR count). The Kier molecular flexibility index (Phi) is 4.64. The number of hydrogen-bond donors (Lipinski definition) is 1. The van der Waals surface area contributed by atoms with Gasteiger partial charge in [0, 0.05) is 5.56 Å². The molecule has 2 atom stereocenters. The summed E-state index contributed by atoms with van der Waals surface area (Å²) in [6, 6.07) is 14.5. The maximum absolute atomic E-state index is 12.9. The van der Waals surface area contributed by atoms with Crippen molar-refractivity contribution in [1.82, 2.24) is 0 Å². The summed E-state index contributed by atoms with van der Waals surface area (Å²) in [7, 11) is 0. The molecule has 0 aromatic heterocycles. The molecular weight excluding hydrogens is 255 g/mol. The Morgan fingerprint density at radius 2 is 1.70 bits per heavy atom. The van der Waals surface area contributed by atoms with Gasteiger partial charge in [-0.1, -0.05) is 49.4 Å². The maximum Gasteiger partial charge on any atom is 0.168 e. The van der Waals surface area contributed by atoms with E-state index in [1.54, 1.807) is 24.3 Å². The SMILES string of the molecule is CC[C@H](C(=O)c1ccccc1)[C@@H](O)c1ccc(F)cc1. The molecule has 0 bridgehead atoms. The average Bonchev–Trinajstić information content (AvgIpc) is 2.49. The Bertz CT molecular complexity index is 563. The van der Waals surface area contributed by atoms with Crippen molar-refractivity contribution in [2.45, 2.75) is 19.4 Å². The van der Waals surface area contributed by atoms with Gasteiger partial charge in [0.15, 0.2) is 5.78 Å². The van der Waals surface area contributed by atoms with Crippen LogP contribution in [0.1, 0.15) is 35.4 Å². The largest absolute Gasteiger partial charge is 0.388 e. The monoisotopic (exact) mass is 272 g/mol. The molecule has 2 aromatic carbocycles. The quantitative estimate of drug-likeness (QED) is 0.841. The minimum Gasteiger partial charge on any atom is -0.388 e. The number of aliphatic hydroxyl groups is 1. The summed E-state index contributed by atoms with van der Waals surface area (Å²) < 4.78 is 12.9. The first-order valence-electron chi connectivity index (χ1n) is 6.66. The second-order valence-electron chi connectivity index (χ2n) is 4.74. The van der Waals surface area contributed by atoms with Crippen molar-refractivity contribution in [2.75, 3.05) is 0 Å². The molecular formula is C17H17FO2. The van der Waals surface area contributed by atoms with Crippen LogP contribution in [0.5, 0.6) is 0 Å². The van der Waals surface area contributed by atoms with Crippen LogP contribution in [0, 0.1) is 11.7 Å². The van der Waals surface area contributed by atoms with E-state index in [1.807, 2.05) is 13.0 Å². The van der Waals surface area contributed by atoms with E-state index in [2.05, 4.69) is 0 Å². The Labute approximate surface area is 117 Å². The zero-order valence-electron chi connectivity index (χ0n) is 11.3. The minimum atomic E-state index is -0.923. The van der Waals surface area contributed by atoms with Gasteiger partial charge in [-0.3, -0.25) is 4.79 Å². The van der Waals surface area contributed by atoms with E-state index >= 15 is 0 Å². The van der Waals surface area contributed by atoms with Gasteiger partial charge in [0.2, 0.25) is 0 Å². The molecule has 0 aliphatic heterocycles. The van der Waals surface area contributed by atoms with Crippen molar-refractivity contribution in [3.63, 3.8) is 0 Å². The van der Waals surface area contributed by atoms with Crippen LogP contribution in [0.15, 0.2) is 54.6 Å². The zero-order chi connectivity index (χ0) is 14.5. The molecule has 2 aromatic rings. The van der Waals surface area contributed by atoms with Crippen molar-refractivity contribution in [3.05, 3.63) is 71.5 Å². The second-order valence-corrected chi connectivity index (χ2v) is 4.74. The molecule has 0 unspecified atom stereocenters. The summed E-state index contributed by atoms with van der Waals surface area (Å²) >= 11 is 0. The van der Waals surface area contributed by atoms with Crippen molar-refractivity contribution >= 4 is 5.78 Å². The summed E-state index contributed by atoms with van der Waals surface area (Å²) in [6.07, 6.45) is -0.403. The van der Waals surface area contributed by atoms with Gasteiger partial charge in [0.25, 0.3) is 0 Å². The van der Waals surface area contributed by atoms with Gasteiger partial charge in [0.05, 0.1) is 12.0 Å². The number of carbonyl (C=O) groups excluding carboxylic acids is 1. The van der Waals surface area contributed by atoms with Gasteiger partial charge in [0.1, 0.15) is 5.82 Å². The summed E-state index contributed by atoms with van der Waals surface area (Å²) in [6.45, 7) is 1.86. The lowest BCUT2D eigenvalue weighted by Crippen LogP contribution is -2.22. The first-order valence-corrected chi connectivity index (χ1v) is 6.66. The van der Waals surface area contributed by atoms with E-state index in [9.17, 15) is 14.3 Å². The van der Waals surface area contributed by atoms with E-state index in [0.717, 1.165) is 0 Å². The van der Waals surface area contributed by atoms with Gasteiger partial charge in [-0.25, -0.2) is 4.39 Å². The molecule has 0 radical (unpaired) electrons. The highest BCUT2D eigenvalue weighted by Gasteiger charge is 2.27. The fraction of sp³-hybridized carbons (Fsp3) is 0.235. The predicted octanol–water partition coefficient (Wildman–Crippen LogP) is 3.77. The summed E-state index contributed by atoms with van der Waals surface area (Å²) in [4.78, 5) is 12.4. The van der Waals surface area contributed by atoms with Crippen LogP contribution in [-0.2, 0) is 0 Å². The lowest BCUT2D eigenvalue weighted by atomic mass is 9.87. The number of halogens is 1. The number of ketones is 1. The molecule has 1 N–H and O–H groups in total. The molecule has 2 nitrogen and oxygen atoms in total. The molecule has 0 saturated heterocycles. The number of carbonyl (C=O) groups is 1. The highest BCUT2D eigenvalue weighted by Crippen LogP contribution is 2.28. The Morgan fingerprint density at radius 1 is 1.10 bits per heavy atom. The fourth-order valence-electron chi connectivity index (χ4n) is 2.26. The van der Waals surface area contributed by atoms with E-state index < -0.39 is 12.0 Å². The van der Waals surface area contributed by atoms with Crippen LogP contribution < -0.4 is 0 Å². The molecule has 0 saturated carbocycles. The number of hydrogen-bond acceptors (Lipinski definition) is 2. The molecule has 0 spiro atoms. The third-order valence-corrected chi connectivity index (χ3v) is 3.43. The van der Waals surface area contributed by atoms with Crippen molar-refractivity contribution in [3.8, 4) is 0 Å². The van der Waals surface area contributed by atoms with E-state index in [4.69, 9.17) is 0 Å². The van der Waals surface area contributed by atoms with Crippen molar-refractivity contribution < 1.29 is 14.3 Å². The van der Waals surface area contributed by atoms with Gasteiger partial charge in [-0.15, -0.1) is 0 Å². The Hall–Kier alpha value is -2.00. The molecule has 0 fully saturated rings. The van der Waals surface area contributed by atoms with E-state index in [-0.39, 0.29) is 11.6 Å². The van der Waals surface area contributed by atoms with E-state index in [0.29, 0.717) is 17.5 Å². The maximum atomic E-state index is 12.9. The Balaban J connectivity index is 2.23. The first-order chi connectivity index (χ1) is 9.63. The standard InChI is InChI=1S/C17H17FO2/c1-2-15(16(19)12-6-4-3-5-7-12)17(20)13-8-10-14(18)11-9-13/h3-11,15,17,20H,2H2,1H3/t15-,17+/m1/s1. The molecule has 104 valence electrons. The normalized spacial score (nSPS) is 13.8. The minimum absolute atomic E-state index is 0.0927. The van der Waals surface area contributed by atoms with Gasteiger partial charge in [-0.2, -0.15) is 0 Å². The average molecular weight is 272 g/mol. The van der Waals surface area contributed by atoms with E-state index in [1.165, 1.54) is 24.3 Å². The number of benzene rings is 2. The predicted molar refractivity (Wildman–Crippen MR) is 75.9 cm³/mol. The molecule has 3 heteroatoms. The third kappa shape index (κ3) is 3.11. The lowest BCUT2D eigenvalue weighted by Gasteiger charge is -2.21. The first kappa shape index (κ1) is 14.4. The lowest BCUT2D eigenvalue weighted by molar-refractivity contribution is 0.0667. The molecule has 0 amide bonds. The molecule has 0 heterocycles. The fourth-order valence-corrected chi connectivity index (χ4v) is 2.26. The number of rotatable bonds is 5. The van der Waals surface area contributed by atoms with Gasteiger partial charge >= 0.3 is 0 Å². The third-order valence-electron chi connectivity index (χ3n) is 3.43. The van der Waals surface area contributed by atoms with Crippen molar-refractivity contribution in [2.24, 2.45) is 5.92 Å². The van der Waals surface area contributed by atoms with Gasteiger partial charge < -0.3 is 5.11 Å². The smallest absolute Gasteiger partial charge is 0.168 e.